The molecular formula is C11H19IN2O. The number of hydrogen-bond acceptors (Lipinski definition) is 2. The third kappa shape index (κ3) is 4.10. The summed E-state index contributed by atoms with van der Waals surface area (Å²) in [5.74, 6) is 0.616. The van der Waals surface area contributed by atoms with Crippen LogP contribution < -0.4 is 0 Å². The molecule has 1 rings (SSSR count). The Morgan fingerprint density at radius 1 is 1.53 bits per heavy atom. The van der Waals surface area contributed by atoms with Gasteiger partial charge in [-0.05, 0) is 34.9 Å². The molecule has 0 aliphatic heterocycles. The van der Waals surface area contributed by atoms with Gasteiger partial charge in [0.05, 0.1) is 22.1 Å². The SMILES string of the molecule is CCCOCc1c(I)cnn1CC(C)C. The van der Waals surface area contributed by atoms with Crippen molar-refractivity contribution in [3.8, 4) is 0 Å². The number of hydrogen-bond donors (Lipinski definition) is 0. The van der Waals surface area contributed by atoms with Gasteiger partial charge in [0, 0.05) is 13.2 Å². The molecule has 0 bridgehead atoms. The van der Waals surface area contributed by atoms with Crippen LogP contribution in [0.25, 0.3) is 0 Å². The number of aromatic nitrogens is 2. The first kappa shape index (κ1) is 13.0. The molecule has 0 radical (unpaired) electrons. The highest BCUT2D eigenvalue weighted by molar-refractivity contribution is 14.1. The van der Waals surface area contributed by atoms with Crippen molar-refractivity contribution in [2.75, 3.05) is 6.61 Å². The highest BCUT2D eigenvalue weighted by Gasteiger charge is 2.09. The summed E-state index contributed by atoms with van der Waals surface area (Å²) < 4.78 is 8.82. The number of ether oxygens (including phenoxy) is 1. The standard InChI is InChI=1S/C11H19IN2O/c1-4-5-15-8-11-10(12)6-13-14(11)7-9(2)3/h6,9H,4-5,7-8H2,1-3H3. The van der Waals surface area contributed by atoms with Gasteiger partial charge in [-0.3, -0.25) is 4.68 Å². The van der Waals surface area contributed by atoms with E-state index in [4.69, 9.17) is 4.74 Å². The maximum absolute atomic E-state index is 5.56. The fourth-order valence-electron chi connectivity index (χ4n) is 1.35. The summed E-state index contributed by atoms with van der Waals surface area (Å²) >= 11 is 2.32. The topological polar surface area (TPSA) is 27.1 Å². The normalized spacial score (nSPS) is 11.3. The van der Waals surface area contributed by atoms with Crippen molar-refractivity contribution in [3.63, 3.8) is 0 Å². The number of rotatable bonds is 6. The molecule has 0 amide bonds. The third-order valence-electron chi connectivity index (χ3n) is 2.02. The Kier molecular flexibility index (Phi) is 5.60. The third-order valence-corrected chi connectivity index (χ3v) is 2.92. The van der Waals surface area contributed by atoms with Crippen molar-refractivity contribution in [1.29, 1.82) is 0 Å². The average molecular weight is 322 g/mol. The summed E-state index contributed by atoms with van der Waals surface area (Å²) in [6.45, 7) is 8.99. The Morgan fingerprint density at radius 2 is 2.27 bits per heavy atom. The molecule has 86 valence electrons. The van der Waals surface area contributed by atoms with Crippen LogP contribution >= 0.6 is 22.6 Å². The van der Waals surface area contributed by atoms with Crippen LogP contribution in [0.4, 0.5) is 0 Å². The quantitative estimate of drug-likeness (QED) is 0.594. The van der Waals surface area contributed by atoms with E-state index in [0.29, 0.717) is 12.5 Å². The molecule has 0 aliphatic rings. The van der Waals surface area contributed by atoms with E-state index < -0.39 is 0 Å². The smallest absolute Gasteiger partial charge is 0.0895 e. The monoisotopic (exact) mass is 322 g/mol. The Bertz CT molecular complexity index is 297. The van der Waals surface area contributed by atoms with E-state index in [1.807, 2.05) is 6.20 Å². The molecule has 1 aromatic rings. The van der Waals surface area contributed by atoms with Crippen molar-refractivity contribution in [2.24, 2.45) is 5.92 Å². The van der Waals surface area contributed by atoms with Gasteiger partial charge in [-0.25, -0.2) is 0 Å². The molecule has 1 aromatic heterocycles. The number of nitrogens with zero attached hydrogens (tertiary/aromatic N) is 2. The first-order valence-corrected chi connectivity index (χ1v) is 6.51. The van der Waals surface area contributed by atoms with Gasteiger partial charge in [-0.1, -0.05) is 20.8 Å². The van der Waals surface area contributed by atoms with Crippen LogP contribution in [0.2, 0.25) is 0 Å². The van der Waals surface area contributed by atoms with Crippen molar-refractivity contribution < 1.29 is 4.74 Å². The minimum absolute atomic E-state index is 0.616. The van der Waals surface area contributed by atoms with Crippen LogP contribution in [0.5, 0.6) is 0 Å². The van der Waals surface area contributed by atoms with Gasteiger partial charge in [-0.15, -0.1) is 0 Å². The van der Waals surface area contributed by atoms with E-state index in [1.54, 1.807) is 0 Å². The largest absolute Gasteiger partial charge is 0.375 e. The minimum Gasteiger partial charge on any atom is -0.375 e. The van der Waals surface area contributed by atoms with Gasteiger partial charge >= 0.3 is 0 Å². The van der Waals surface area contributed by atoms with Crippen LogP contribution in [0, 0.1) is 9.49 Å². The molecule has 0 aromatic carbocycles. The molecule has 0 aliphatic carbocycles. The van der Waals surface area contributed by atoms with E-state index in [1.165, 1.54) is 9.26 Å². The Balaban J connectivity index is 2.62. The van der Waals surface area contributed by atoms with Crippen molar-refractivity contribution >= 4 is 22.6 Å². The second kappa shape index (κ2) is 6.48. The molecule has 0 unspecified atom stereocenters. The molecule has 0 atom stereocenters. The second-order valence-electron chi connectivity index (χ2n) is 4.07. The van der Waals surface area contributed by atoms with Gasteiger partial charge in [0.2, 0.25) is 0 Å². The zero-order chi connectivity index (χ0) is 11.3. The molecule has 3 nitrogen and oxygen atoms in total. The average Bonchev–Trinajstić information content (AvgIpc) is 2.49. The first-order chi connectivity index (χ1) is 7.15. The second-order valence-corrected chi connectivity index (χ2v) is 5.23. The molecule has 1 heterocycles. The fraction of sp³-hybridized carbons (Fsp3) is 0.727. The summed E-state index contributed by atoms with van der Waals surface area (Å²) in [6.07, 6.45) is 2.97. The summed E-state index contributed by atoms with van der Waals surface area (Å²) in [4.78, 5) is 0. The molecule has 4 heteroatoms. The molecule has 0 N–H and O–H groups in total. The lowest BCUT2D eigenvalue weighted by molar-refractivity contribution is 0.114. The molecule has 0 spiro atoms. The van der Waals surface area contributed by atoms with Crippen molar-refractivity contribution in [1.82, 2.24) is 9.78 Å². The van der Waals surface area contributed by atoms with Gasteiger partial charge in [-0.2, -0.15) is 5.10 Å². The predicted octanol–water partition coefficient (Wildman–Crippen LogP) is 3.07. The van der Waals surface area contributed by atoms with Crippen molar-refractivity contribution in [2.45, 2.75) is 40.3 Å². The lowest BCUT2D eigenvalue weighted by Gasteiger charge is -2.10. The van der Waals surface area contributed by atoms with Crippen LogP contribution in [-0.4, -0.2) is 16.4 Å². The zero-order valence-electron chi connectivity index (χ0n) is 9.66. The Labute approximate surface area is 105 Å². The summed E-state index contributed by atoms with van der Waals surface area (Å²) in [6, 6.07) is 0. The van der Waals surface area contributed by atoms with Gasteiger partial charge in [0.25, 0.3) is 0 Å². The fourth-order valence-corrected chi connectivity index (χ4v) is 1.91. The van der Waals surface area contributed by atoms with Crippen LogP contribution in [-0.2, 0) is 17.9 Å². The highest BCUT2D eigenvalue weighted by atomic mass is 127. The van der Waals surface area contributed by atoms with Crippen LogP contribution in [0.15, 0.2) is 6.20 Å². The molecular weight excluding hydrogens is 303 g/mol. The molecule has 15 heavy (non-hydrogen) atoms. The first-order valence-electron chi connectivity index (χ1n) is 5.43. The Morgan fingerprint density at radius 3 is 2.87 bits per heavy atom. The zero-order valence-corrected chi connectivity index (χ0v) is 11.8. The van der Waals surface area contributed by atoms with E-state index in [-0.39, 0.29) is 0 Å². The molecule has 0 saturated heterocycles. The van der Waals surface area contributed by atoms with E-state index in [9.17, 15) is 0 Å². The van der Waals surface area contributed by atoms with Gasteiger partial charge in [0.1, 0.15) is 0 Å². The lowest BCUT2D eigenvalue weighted by atomic mass is 10.2. The minimum atomic E-state index is 0.616. The lowest BCUT2D eigenvalue weighted by Crippen LogP contribution is -2.11. The maximum atomic E-state index is 5.56. The van der Waals surface area contributed by atoms with Crippen LogP contribution in [0.1, 0.15) is 32.9 Å². The van der Waals surface area contributed by atoms with E-state index >= 15 is 0 Å². The summed E-state index contributed by atoms with van der Waals surface area (Å²) in [5.41, 5.74) is 1.21. The predicted molar refractivity (Wildman–Crippen MR) is 69.7 cm³/mol. The van der Waals surface area contributed by atoms with Crippen LogP contribution in [0.3, 0.4) is 0 Å². The van der Waals surface area contributed by atoms with Gasteiger partial charge in [0.15, 0.2) is 0 Å². The van der Waals surface area contributed by atoms with Gasteiger partial charge < -0.3 is 4.74 Å². The number of halogens is 1. The Hall–Kier alpha value is -0.100. The molecule has 0 saturated carbocycles. The van der Waals surface area contributed by atoms with E-state index in [2.05, 4.69) is 53.1 Å². The van der Waals surface area contributed by atoms with E-state index in [0.717, 1.165) is 19.6 Å². The highest BCUT2D eigenvalue weighted by Crippen LogP contribution is 2.14. The maximum Gasteiger partial charge on any atom is 0.0895 e. The summed E-state index contributed by atoms with van der Waals surface area (Å²) in [5, 5.41) is 4.36. The molecule has 0 fully saturated rings. The van der Waals surface area contributed by atoms with Crippen molar-refractivity contribution in [3.05, 3.63) is 15.5 Å². The summed E-state index contributed by atoms with van der Waals surface area (Å²) in [7, 11) is 0.